The Labute approximate surface area is 245 Å². The summed E-state index contributed by atoms with van der Waals surface area (Å²) in [5.74, 6) is -0.175. The second-order valence-electron chi connectivity index (χ2n) is 9.34. The molecule has 0 aliphatic heterocycles. The van der Waals surface area contributed by atoms with Gasteiger partial charge in [0.15, 0.2) is 0 Å². The molecular formula is C28H36N4O7S2. The molecule has 0 spiro atoms. The Morgan fingerprint density at radius 2 is 1.66 bits per heavy atom. The van der Waals surface area contributed by atoms with Gasteiger partial charge in [-0.1, -0.05) is 30.3 Å². The van der Waals surface area contributed by atoms with Gasteiger partial charge in [0.05, 0.1) is 32.9 Å². The lowest BCUT2D eigenvalue weighted by Crippen LogP contribution is -2.39. The van der Waals surface area contributed by atoms with E-state index in [-0.39, 0.29) is 24.8 Å². The van der Waals surface area contributed by atoms with Gasteiger partial charge in [-0.25, -0.2) is 9.71 Å². The van der Waals surface area contributed by atoms with Gasteiger partial charge in [-0.3, -0.25) is 9.59 Å². The Bertz CT molecular complexity index is 1430. The Hall–Kier alpha value is -3.52. The van der Waals surface area contributed by atoms with Crippen LogP contribution in [0.15, 0.2) is 42.5 Å². The monoisotopic (exact) mass is 604 g/mol. The summed E-state index contributed by atoms with van der Waals surface area (Å²) in [6.07, 6.45) is 1.45. The van der Waals surface area contributed by atoms with Gasteiger partial charge in [-0.2, -0.15) is 12.7 Å². The first kappa shape index (κ1) is 32.0. The van der Waals surface area contributed by atoms with Crippen molar-refractivity contribution < 1.29 is 32.2 Å². The predicted octanol–water partition coefficient (Wildman–Crippen LogP) is 3.43. The number of hydrogen-bond acceptors (Lipinski definition) is 9. The zero-order chi connectivity index (χ0) is 30.2. The number of benzene rings is 2. The molecule has 2 amide bonds. The first-order valence-electron chi connectivity index (χ1n) is 12.8. The molecule has 3 aromatic rings. The third-order valence-corrected chi connectivity index (χ3v) is 8.61. The molecule has 3 rings (SSSR count). The van der Waals surface area contributed by atoms with Crippen LogP contribution >= 0.6 is 11.3 Å². The molecule has 1 N–H and O–H groups in total. The molecule has 0 aliphatic rings. The maximum Gasteiger partial charge on any atom is 0.303 e. The van der Waals surface area contributed by atoms with Crippen LogP contribution in [0.2, 0.25) is 0 Å². The summed E-state index contributed by atoms with van der Waals surface area (Å²) < 4.78 is 43.5. The van der Waals surface area contributed by atoms with E-state index in [9.17, 15) is 18.0 Å². The minimum absolute atomic E-state index is 0.000587. The summed E-state index contributed by atoms with van der Waals surface area (Å²) in [6.45, 7) is 2.46. The van der Waals surface area contributed by atoms with Crippen LogP contribution in [-0.4, -0.2) is 76.4 Å². The minimum atomic E-state index is -3.98. The van der Waals surface area contributed by atoms with Crippen LogP contribution in [0.4, 0.5) is 0 Å². The average Bonchev–Trinajstić information content (AvgIpc) is 3.32. The Morgan fingerprint density at radius 3 is 2.22 bits per heavy atom. The highest BCUT2D eigenvalue weighted by atomic mass is 32.2. The Kier molecular flexibility index (Phi) is 11.2. The molecule has 222 valence electrons. The number of aryl methyl sites for hydroxylation is 2. The van der Waals surface area contributed by atoms with Crippen LogP contribution in [-0.2, 0) is 34.5 Å². The molecule has 0 aliphatic carbocycles. The van der Waals surface area contributed by atoms with Crippen LogP contribution in [0.25, 0.3) is 0 Å². The fourth-order valence-electron chi connectivity index (χ4n) is 4.10. The molecule has 2 aromatic carbocycles. The van der Waals surface area contributed by atoms with Gasteiger partial charge >= 0.3 is 10.2 Å². The topological polar surface area (TPSA) is 127 Å². The van der Waals surface area contributed by atoms with Crippen LogP contribution in [0, 0.1) is 6.92 Å². The smallest absolute Gasteiger partial charge is 0.303 e. The molecule has 0 saturated heterocycles. The van der Waals surface area contributed by atoms with Crippen molar-refractivity contribution in [3.8, 4) is 11.5 Å². The Morgan fingerprint density at radius 1 is 1.02 bits per heavy atom. The number of thiazole rings is 1. The van der Waals surface area contributed by atoms with Crippen molar-refractivity contribution in [2.24, 2.45) is 0 Å². The van der Waals surface area contributed by atoms with Crippen molar-refractivity contribution in [2.45, 2.75) is 32.9 Å². The fourth-order valence-corrected chi connectivity index (χ4v) is 5.56. The third-order valence-electron chi connectivity index (χ3n) is 6.25. The number of methoxy groups -OCH3 is 3. The number of aromatic nitrogens is 1. The molecule has 13 heteroatoms. The molecule has 0 atom stereocenters. The molecule has 0 fully saturated rings. The van der Waals surface area contributed by atoms with Crippen LogP contribution in [0.1, 0.15) is 48.3 Å². The van der Waals surface area contributed by atoms with Gasteiger partial charge < -0.3 is 19.1 Å². The molecule has 0 saturated carbocycles. The number of carbonyl (C=O) groups excluding carboxylic acids is 2. The molecule has 0 unspecified atom stereocenters. The maximum absolute atomic E-state index is 13.9. The number of carbonyl (C=O) groups is 2. The normalized spacial score (nSPS) is 11.4. The van der Waals surface area contributed by atoms with Gasteiger partial charge in [0.1, 0.15) is 22.2 Å². The second kappa shape index (κ2) is 14.4. The fraction of sp³-hybridized carbons (Fsp3) is 0.393. The van der Waals surface area contributed by atoms with Crippen LogP contribution < -0.4 is 14.2 Å². The van der Waals surface area contributed by atoms with E-state index in [1.165, 1.54) is 39.7 Å². The summed E-state index contributed by atoms with van der Waals surface area (Å²) in [4.78, 5) is 33.2. The predicted molar refractivity (Wildman–Crippen MR) is 157 cm³/mol. The van der Waals surface area contributed by atoms with Gasteiger partial charge in [-0.15, -0.1) is 11.3 Å². The highest BCUT2D eigenvalue weighted by Gasteiger charge is 2.25. The van der Waals surface area contributed by atoms with Gasteiger partial charge in [0.2, 0.25) is 0 Å². The molecule has 0 radical (unpaired) electrons. The summed E-state index contributed by atoms with van der Waals surface area (Å²) in [6, 6.07) is 13.3. The lowest BCUT2D eigenvalue weighted by atomic mass is 10.1. The van der Waals surface area contributed by atoms with E-state index in [1.807, 2.05) is 35.1 Å². The number of hydrogen-bond donors (Lipinski definition) is 1. The summed E-state index contributed by atoms with van der Waals surface area (Å²) in [5.41, 5.74) is 2.20. The highest BCUT2D eigenvalue weighted by Crippen LogP contribution is 2.32. The molecular weight excluding hydrogens is 568 g/mol. The summed E-state index contributed by atoms with van der Waals surface area (Å²) in [5, 5.41) is 0.498. The van der Waals surface area contributed by atoms with Crippen molar-refractivity contribution in [3.05, 3.63) is 74.7 Å². The van der Waals surface area contributed by atoms with E-state index >= 15 is 0 Å². The minimum Gasteiger partial charge on any atom is -0.496 e. The molecule has 41 heavy (non-hydrogen) atoms. The zero-order valence-corrected chi connectivity index (χ0v) is 25.7. The standard InChI is InChI=1S/C28H36N4O7S2/c1-19-26(27(33)30-41(35,36)31(2)3)29-25(40-19)17-32(14-10-13-20-11-8-7-9-12-20)28(34)21-15-23(38-5)22(18-37-4)24(16-21)39-6/h7-9,11-12,15-16H,10,13-14,17-18H2,1-6H3,(H,30,33). The van der Waals surface area contributed by atoms with E-state index in [1.54, 1.807) is 31.1 Å². The van der Waals surface area contributed by atoms with Crippen molar-refractivity contribution in [2.75, 3.05) is 42.0 Å². The van der Waals surface area contributed by atoms with Gasteiger partial charge in [-0.05, 0) is 37.5 Å². The van der Waals surface area contributed by atoms with Gasteiger partial charge in [0, 0.05) is 38.2 Å². The van der Waals surface area contributed by atoms with Crippen molar-refractivity contribution in [1.82, 2.24) is 18.9 Å². The highest BCUT2D eigenvalue weighted by molar-refractivity contribution is 7.87. The largest absolute Gasteiger partial charge is 0.496 e. The van der Waals surface area contributed by atoms with Gasteiger partial charge in [0.25, 0.3) is 11.8 Å². The summed E-state index contributed by atoms with van der Waals surface area (Å²) in [7, 11) is 3.25. The number of ether oxygens (including phenoxy) is 3. The SMILES string of the molecule is COCc1c(OC)cc(C(=O)N(CCCc2ccccc2)Cc2nc(C(=O)NS(=O)(=O)N(C)C)c(C)s2)cc1OC. The number of nitrogens with zero attached hydrogens (tertiary/aromatic N) is 3. The Balaban J connectivity index is 1.91. The van der Waals surface area contributed by atoms with E-state index in [0.717, 1.165) is 16.3 Å². The lowest BCUT2D eigenvalue weighted by molar-refractivity contribution is 0.0740. The zero-order valence-electron chi connectivity index (χ0n) is 24.1. The van der Waals surface area contributed by atoms with Crippen molar-refractivity contribution in [3.63, 3.8) is 0 Å². The first-order chi connectivity index (χ1) is 19.5. The van der Waals surface area contributed by atoms with E-state index < -0.39 is 16.1 Å². The second-order valence-corrected chi connectivity index (χ2v) is 12.5. The van der Waals surface area contributed by atoms with E-state index in [2.05, 4.69) is 4.98 Å². The molecule has 0 bridgehead atoms. The van der Waals surface area contributed by atoms with E-state index in [4.69, 9.17) is 14.2 Å². The quantitative estimate of drug-likeness (QED) is 0.297. The van der Waals surface area contributed by atoms with Crippen molar-refractivity contribution >= 4 is 33.4 Å². The summed E-state index contributed by atoms with van der Waals surface area (Å²) >= 11 is 1.23. The average molecular weight is 605 g/mol. The molecule has 11 nitrogen and oxygen atoms in total. The lowest BCUT2D eigenvalue weighted by Gasteiger charge is -2.23. The van der Waals surface area contributed by atoms with Crippen molar-refractivity contribution in [1.29, 1.82) is 0 Å². The number of nitrogens with one attached hydrogen (secondary N) is 1. The van der Waals surface area contributed by atoms with Crippen LogP contribution in [0.3, 0.4) is 0 Å². The molecule has 1 heterocycles. The van der Waals surface area contributed by atoms with E-state index in [0.29, 0.717) is 45.5 Å². The number of amides is 2. The first-order valence-corrected chi connectivity index (χ1v) is 15.0. The maximum atomic E-state index is 13.9. The van der Waals surface area contributed by atoms with Crippen LogP contribution in [0.5, 0.6) is 11.5 Å². The molecule has 1 aromatic heterocycles. The number of rotatable bonds is 14. The third kappa shape index (κ3) is 8.26.